The van der Waals surface area contributed by atoms with Crippen LogP contribution in [0, 0.1) is 0 Å². The maximum Gasteiger partial charge on any atom is 0.238 e. The van der Waals surface area contributed by atoms with Crippen molar-refractivity contribution < 1.29 is 4.79 Å². The number of carbonyl (C=O) groups excluding carboxylic acids is 1. The van der Waals surface area contributed by atoms with Crippen LogP contribution in [0.2, 0.25) is 0 Å². The van der Waals surface area contributed by atoms with Crippen LogP contribution in [-0.2, 0) is 11.3 Å². The van der Waals surface area contributed by atoms with Gasteiger partial charge in [-0.1, -0.05) is 18.6 Å². The maximum atomic E-state index is 11.8. The first-order valence-electron chi connectivity index (χ1n) is 8.14. The van der Waals surface area contributed by atoms with Gasteiger partial charge in [0.25, 0.3) is 0 Å². The predicted octanol–water partition coefficient (Wildman–Crippen LogP) is 2.36. The number of rotatable bonds is 6. The standard InChI is InChI=1S/C17H25N3O/c21-17(12-18-15-8-9-15)19-16-6-4-14(5-7-16)13-20-10-2-1-3-11-20/h4-7,15,18H,1-3,8-13H2,(H,19,21). The van der Waals surface area contributed by atoms with E-state index < -0.39 is 0 Å². The van der Waals surface area contributed by atoms with Crippen molar-refractivity contribution in [3.63, 3.8) is 0 Å². The Morgan fingerprint density at radius 3 is 2.48 bits per heavy atom. The van der Waals surface area contributed by atoms with Crippen molar-refractivity contribution >= 4 is 11.6 Å². The summed E-state index contributed by atoms with van der Waals surface area (Å²) in [6.07, 6.45) is 6.43. The molecule has 0 atom stereocenters. The molecule has 0 bridgehead atoms. The number of carbonyl (C=O) groups is 1. The Hall–Kier alpha value is -1.39. The summed E-state index contributed by atoms with van der Waals surface area (Å²) in [5, 5.41) is 6.16. The summed E-state index contributed by atoms with van der Waals surface area (Å²) in [5.74, 6) is 0.0469. The number of benzene rings is 1. The van der Waals surface area contributed by atoms with Crippen LogP contribution < -0.4 is 10.6 Å². The van der Waals surface area contributed by atoms with E-state index in [4.69, 9.17) is 0 Å². The molecule has 1 heterocycles. The summed E-state index contributed by atoms with van der Waals surface area (Å²) < 4.78 is 0. The average Bonchev–Trinajstić information content (AvgIpc) is 3.33. The fourth-order valence-corrected chi connectivity index (χ4v) is 2.80. The normalized spacial score (nSPS) is 19.4. The van der Waals surface area contributed by atoms with Crippen LogP contribution in [0.1, 0.15) is 37.7 Å². The van der Waals surface area contributed by atoms with Gasteiger partial charge in [0.15, 0.2) is 0 Å². The van der Waals surface area contributed by atoms with Crippen LogP contribution in [0.15, 0.2) is 24.3 Å². The Kier molecular flexibility index (Phi) is 4.88. The predicted molar refractivity (Wildman–Crippen MR) is 85.2 cm³/mol. The Morgan fingerprint density at radius 2 is 1.81 bits per heavy atom. The molecule has 0 radical (unpaired) electrons. The zero-order chi connectivity index (χ0) is 14.5. The van der Waals surface area contributed by atoms with Crippen molar-refractivity contribution in [1.82, 2.24) is 10.2 Å². The molecule has 2 fully saturated rings. The van der Waals surface area contributed by atoms with Crippen molar-refractivity contribution in [2.24, 2.45) is 0 Å². The van der Waals surface area contributed by atoms with Crippen molar-refractivity contribution in [3.8, 4) is 0 Å². The molecule has 1 aromatic rings. The first-order valence-corrected chi connectivity index (χ1v) is 8.14. The van der Waals surface area contributed by atoms with Crippen molar-refractivity contribution in [2.75, 3.05) is 25.0 Å². The number of hydrogen-bond acceptors (Lipinski definition) is 3. The average molecular weight is 287 g/mol. The molecular formula is C17H25N3O. The van der Waals surface area contributed by atoms with Gasteiger partial charge >= 0.3 is 0 Å². The SMILES string of the molecule is O=C(CNC1CC1)Nc1ccc(CN2CCCCC2)cc1. The van der Waals surface area contributed by atoms with Crippen LogP contribution in [-0.4, -0.2) is 36.5 Å². The van der Waals surface area contributed by atoms with E-state index in [1.807, 2.05) is 12.1 Å². The minimum absolute atomic E-state index is 0.0469. The first kappa shape index (κ1) is 14.5. The molecule has 1 aromatic carbocycles. The van der Waals surface area contributed by atoms with Crippen molar-refractivity contribution in [3.05, 3.63) is 29.8 Å². The lowest BCUT2D eigenvalue weighted by Crippen LogP contribution is -2.29. The Morgan fingerprint density at radius 1 is 1.10 bits per heavy atom. The number of nitrogens with zero attached hydrogens (tertiary/aromatic N) is 1. The van der Waals surface area contributed by atoms with E-state index >= 15 is 0 Å². The lowest BCUT2D eigenvalue weighted by Gasteiger charge is -2.26. The molecule has 4 heteroatoms. The summed E-state index contributed by atoms with van der Waals surface area (Å²) in [6.45, 7) is 3.87. The molecule has 1 aliphatic carbocycles. The number of amides is 1. The summed E-state index contributed by atoms with van der Waals surface area (Å²) in [4.78, 5) is 14.3. The van der Waals surface area contributed by atoms with Gasteiger partial charge in [0, 0.05) is 18.3 Å². The zero-order valence-corrected chi connectivity index (χ0v) is 12.6. The largest absolute Gasteiger partial charge is 0.325 e. The molecule has 1 amide bonds. The molecule has 0 aromatic heterocycles. The van der Waals surface area contributed by atoms with Crippen LogP contribution >= 0.6 is 0 Å². The molecule has 1 saturated carbocycles. The van der Waals surface area contributed by atoms with E-state index in [1.54, 1.807) is 0 Å². The number of nitrogens with one attached hydrogen (secondary N) is 2. The van der Waals surface area contributed by atoms with E-state index in [2.05, 4.69) is 27.7 Å². The highest BCUT2D eigenvalue weighted by Gasteiger charge is 2.21. The molecule has 0 spiro atoms. The van der Waals surface area contributed by atoms with Gasteiger partial charge in [0.2, 0.25) is 5.91 Å². The molecule has 1 aliphatic heterocycles. The van der Waals surface area contributed by atoms with Gasteiger partial charge in [-0.25, -0.2) is 0 Å². The van der Waals surface area contributed by atoms with Gasteiger partial charge < -0.3 is 10.6 Å². The maximum absolute atomic E-state index is 11.8. The monoisotopic (exact) mass is 287 g/mol. The second-order valence-corrected chi connectivity index (χ2v) is 6.24. The minimum Gasteiger partial charge on any atom is -0.325 e. The smallest absolute Gasteiger partial charge is 0.238 e. The van der Waals surface area contributed by atoms with E-state index in [0.29, 0.717) is 12.6 Å². The molecule has 4 nitrogen and oxygen atoms in total. The van der Waals surface area contributed by atoms with Crippen molar-refractivity contribution in [1.29, 1.82) is 0 Å². The highest BCUT2D eigenvalue weighted by Crippen LogP contribution is 2.18. The van der Waals surface area contributed by atoms with Gasteiger partial charge in [-0.15, -0.1) is 0 Å². The Balaban J connectivity index is 1.45. The number of anilines is 1. The third-order valence-corrected chi connectivity index (χ3v) is 4.22. The first-order chi connectivity index (χ1) is 10.3. The minimum atomic E-state index is 0.0469. The van der Waals surface area contributed by atoms with Crippen LogP contribution in [0.4, 0.5) is 5.69 Å². The fourth-order valence-electron chi connectivity index (χ4n) is 2.80. The Labute approximate surface area is 126 Å². The second kappa shape index (κ2) is 7.05. The summed E-state index contributed by atoms with van der Waals surface area (Å²) in [7, 11) is 0. The number of hydrogen-bond donors (Lipinski definition) is 2. The summed E-state index contributed by atoms with van der Waals surface area (Å²) in [6, 6.07) is 8.84. The van der Waals surface area contributed by atoms with E-state index in [9.17, 15) is 4.79 Å². The molecule has 3 rings (SSSR count). The van der Waals surface area contributed by atoms with Crippen molar-refractivity contribution in [2.45, 2.75) is 44.7 Å². The molecule has 2 aliphatic rings. The summed E-state index contributed by atoms with van der Waals surface area (Å²) in [5.41, 5.74) is 2.21. The molecule has 1 saturated heterocycles. The zero-order valence-electron chi connectivity index (χ0n) is 12.6. The van der Waals surface area contributed by atoms with Crippen LogP contribution in [0.3, 0.4) is 0 Å². The molecular weight excluding hydrogens is 262 g/mol. The number of likely N-dealkylation sites (tertiary alicyclic amines) is 1. The summed E-state index contributed by atoms with van der Waals surface area (Å²) >= 11 is 0. The molecule has 2 N–H and O–H groups in total. The van der Waals surface area contributed by atoms with Gasteiger partial charge in [0.1, 0.15) is 0 Å². The van der Waals surface area contributed by atoms with Gasteiger partial charge in [-0.2, -0.15) is 0 Å². The van der Waals surface area contributed by atoms with E-state index in [0.717, 1.165) is 12.2 Å². The lowest BCUT2D eigenvalue weighted by atomic mass is 10.1. The molecule has 114 valence electrons. The van der Waals surface area contributed by atoms with Gasteiger partial charge in [-0.3, -0.25) is 9.69 Å². The van der Waals surface area contributed by atoms with Crippen LogP contribution in [0.5, 0.6) is 0 Å². The Bertz CT molecular complexity index is 461. The second-order valence-electron chi connectivity index (χ2n) is 6.24. The van der Waals surface area contributed by atoms with Crippen LogP contribution in [0.25, 0.3) is 0 Å². The molecule has 0 unspecified atom stereocenters. The van der Waals surface area contributed by atoms with E-state index in [1.165, 1.54) is 50.8 Å². The number of piperidine rings is 1. The van der Waals surface area contributed by atoms with Gasteiger partial charge in [0.05, 0.1) is 6.54 Å². The topological polar surface area (TPSA) is 44.4 Å². The fraction of sp³-hybridized carbons (Fsp3) is 0.588. The highest BCUT2D eigenvalue weighted by molar-refractivity contribution is 5.92. The quantitative estimate of drug-likeness (QED) is 0.844. The lowest BCUT2D eigenvalue weighted by molar-refractivity contribution is -0.115. The van der Waals surface area contributed by atoms with Gasteiger partial charge in [-0.05, 0) is 56.5 Å². The van der Waals surface area contributed by atoms with E-state index in [-0.39, 0.29) is 5.91 Å². The molecule has 21 heavy (non-hydrogen) atoms. The third kappa shape index (κ3) is 4.83. The highest BCUT2D eigenvalue weighted by atomic mass is 16.1. The third-order valence-electron chi connectivity index (χ3n) is 4.22.